The third kappa shape index (κ3) is 8.66. The number of piperazine rings is 1. The fourth-order valence-corrected chi connectivity index (χ4v) is 7.47. The van der Waals surface area contributed by atoms with Crippen LogP contribution in [0.15, 0.2) is 66.7 Å². The van der Waals surface area contributed by atoms with Crippen LogP contribution in [-0.2, 0) is 21.3 Å². The van der Waals surface area contributed by atoms with E-state index >= 15 is 0 Å². The number of likely N-dealkylation sites (tertiary alicyclic amines) is 1. The lowest BCUT2D eigenvalue weighted by atomic mass is 10.0. The molecule has 10 nitrogen and oxygen atoms in total. The number of piperidine rings is 1. The summed E-state index contributed by atoms with van der Waals surface area (Å²) in [5.74, 6) is 0.00817. The monoisotopic (exact) mass is 639 g/mol. The lowest BCUT2D eigenvalue weighted by Gasteiger charge is -2.32. The minimum atomic E-state index is -3.15. The number of para-hydroxylation sites is 1. The predicted molar refractivity (Wildman–Crippen MR) is 174 cm³/mol. The Hall–Kier alpha value is -3.29. The zero-order chi connectivity index (χ0) is 31.1. The van der Waals surface area contributed by atoms with Crippen LogP contribution in [0.3, 0.4) is 0 Å². The highest BCUT2D eigenvalue weighted by Gasteiger charge is 2.25. The number of thiophene rings is 1. The summed E-state index contributed by atoms with van der Waals surface area (Å²) < 4.78 is 30.8. The fraction of sp³-hybridized carbons (Fsp3) is 0.438. The highest BCUT2D eigenvalue weighted by atomic mass is 32.2. The van der Waals surface area contributed by atoms with E-state index < -0.39 is 16.1 Å². The van der Waals surface area contributed by atoms with Gasteiger partial charge in [-0.25, -0.2) is 13.2 Å². The molecule has 2 aliphatic rings. The van der Waals surface area contributed by atoms with E-state index in [4.69, 9.17) is 4.74 Å². The van der Waals surface area contributed by atoms with Gasteiger partial charge in [0.1, 0.15) is 6.10 Å². The normalized spacial score (nSPS) is 17.3. The smallest absolute Gasteiger partial charge is 0.411 e. The van der Waals surface area contributed by atoms with Crippen molar-refractivity contribution in [3.63, 3.8) is 0 Å². The van der Waals surface area contributed by atoms with Crippen LogP contribution in [0, 0.1) is 0 Å². The lowest BCUT2D eigenvalue weighted by molar-refractivity contribution is 0.0541. The molecule has 5 rings (SSSR count). The van der Waals surface area contributed by atoms with Crippen LogP contribution in [0.25, 0.3) is 11.1 Å². The maximum atomic E-state index is 13.1. The Bertz CT molecular complexity index is 1510. The van der Waals surface area contributed by atoms with Gasteiger partial charge in [-0.3, -0.25) is 15.0 Å². The number of hydrogen-bond acceptors (Lipinski definition) is 8. The number of ether oxygens (including phenoxy) is 1. The van der Waals surface area contributed by atoms with Gasteiger partial charge in [0.2, 0.25) is 10.0 Å². The molecule has 2 amide bonds. The summed E-state index contributed by atoms with van der Waals surface area (Å²) in [6.45, 7) is 6.06. The van der Waals surface area contributed by atoms with Gasteiger partial charge in [0, 0.05) is 76.4 Å². The van der Waals surface area contributed by atoms with Crippen LogP contribution < -0.4 is 5.32 Å². The molecule has 0 aliphatic carbocycles. The summed E-state index contributed by atoms with van der Waals surface area (Å²) in [7, 11) is -1.31. The molecule has 2 aromatic carbocycles. The van der Waals surface area contributed by atoms with Gasteiger partial charge >= 0.3 is 6.09 Å². The van der Waals surface area contributed by atoms with Crippen LogP contribution in [0.4, 0.5) is 10.5 Å². The quantitative estimate of drug-likeness (QED) is 0.354. The van der Waals surface area contributed by atoms with E-state index in [9.17, 15) is 18.0 Å². The summed E-state index contributed by atoms with van der Waals surface area (Å²) in [6.07, 6.45) is 2.16. The number of amides is 2. The number of hydrogen-bond donors (Lipinski definition) is 1. The molecule has 2 fully saturated rings. The average Bonchev–Trinajstić information content (AvgIpc) is 3.49. The zero-order valence-electron chi connectivity index (χ0n) is 25.4. The van der Waals surface area contributed by atoms with Crippen molar-refractivity contribution in [2.75, 3.05) is 71.0 Å². The number of carbonyl (C=O) groups excluding carboxylic acids is 2. The molecule has 0 spiro atoms. The Kier molecular flexibility index (Phi) is 10.7. The maximum absolute atomic E-state index is 13.1. The second-order valence-electron chi connectivity index (χ2n) is 11.4. The second-order valence-corrected chi connectivity index (χ2v) is 14.6. The first kappa shape index (κ1) is 32.1. The van der Waals surface area contributed by atoms with Gasteiger partial charge < -0.3 is 14.5 Å². The molecular weight excluding hydrogens is 599 g/mol. The molecule has 3 heterocycles. The number of sulfonamides is 1. The maximum Gasteiger partial charge on any atom is 0.411 e. The van der Waals surface area contributed by atoms with Crippen LogP contribution in [0.2, 0.25) is 0 Å². The molecule has 1 N–H and O–H groups in total. The Labute approximate surface area is 264 Å². The first-order valence-electron chi connectivity index (χ1n) is 15.0. The van der Waals surface area contributed by atoms with E-state index in [1.807, 2.05) is 73.8 Å². The number of nitrogens with one attached hydrogen (secondary N) is 1. The number of carbonyl (C=O) groups is 2. The standard InChI is InChI=1S/C32H41N5O5S2/c1-34(31(38)30-13-12-27(43-30)24-36-20-22-37(23-21-36)44(2,40)41)18-19-35-16-14-26(15-17-35)42-32(39)33-29-11-7-6-10-28(29)25-8-4-3-5-9-25/h3-13,26H,14-24H2,1-2H3,(H,33,39). The molecule has 3 aromatic rings. The third-order valence-electron chi connectivity index (χ3n) is 8.21. The van der Waals surface area contributed by atoms with Crippen molar-refractivity contribution in [2.45, 2.75) is 25.5 Å². The average molecular weight is 640 g/mol. The minimum absolute atomic E-state index is 0.00817. The van der Waals surface area contributed by atoms with Crippen LogP contribution in [0.5, 0.6) is 0 Å². The topological polar surface area (TPSA) is 102 Å². The second kappa shape index (κ2) is 14.7. The van der Waals surface area contributed by atoms with Crippen molar-refractivity contribution in [2.24, 2.45) is 0 Å². The lowest BCUT2D eigenvalue weighted by Crippen LogP contribution is -2.47. The largest absolute Gasteiger partial charge is 0.446 e. The van der Waals surface area contributed by atoms with Crippen molar-refractivity contribution in [3.8, 4) is 11.1 Å². The predicted octanol–water partition coefficient (Wildman–Crippen LogP) is 4.28. The molecule has 44 heavy (non-hydrogen) atoms. The van der Waals surface area contributed by atoms with Crippen LogP contribution >= 0.6 is 11.3 Å². The van der Waals surface area contributed by atoms with E-state index in [1.165, 1.54) is 21.9 Å². The summed E-state index contributed by atoms with van der Waals surface area (Å²) in [6, 6.07) is 21.5. The van der Waals surface area contributed by atoms with Crippen molar-refractivity contribution < 1.29 is 22.7 Å². The highest BCUT2D eigenvalue weighted by Crippen LogP contribution is 2.28. The number of rotatable bonds is 10. The summed E-state index contributed by atoms with van der Waals surface area (Å²) in [5.41, 5.74) is 2.70. The van der Waals surface area contributed by atoms with E-state index in [-0.39, 0.29) is 12.0 Å². The minimum Gasteiger partial charge on any atom is -0.446 e. The number of anilines is 1. The Morgan fingerprint density at radius 3 is 2.30 bits per heavy atom. The van der Waals surface area contributed by atoms with Crippen molar-refractivity contribution in [1.29, 1.82) is 0 Å². The Morgan fingerprint density at radius 2 is 1.59 bits per heavy atom. The number of likely N-dealkylation sites (N-methyl/N-ethyl adjacent to an activating group) is 1. The van der Waals surface area contributed by atoms with Gasteiger partial charge in [0.25, 0.3) is 5.91 Å². The summed E-state index contributed by atoms with van der Waals surface area (Å²) >= 11 is 1.50. The molecule has 2 aliphatic heterocycles. The first-order valence-corrected chi connectivity index (χ1v) is 17.7. The molecule has 0 atom stereocenters. The molecule has 0 unspecified atom stereocenters. The van der Waals surface area contributed by atoms with Gasteiger partial charge in [-0.15, -0.1) is 11.3 Å². The van der Waals surface area contributed by atoms with Gasteiger partial charge in [-0.2, -0.15) is 4.31 Å². The Balaban J connectivity index is 1.02. The van der Waals surface area contributed by atoms with Gasteiger partial charge in [0.15, 0.2) is 0 Å². The summed E-state index contributed by atoms with van der Waals surface area (Å²) in [4.78, 5) is 33.9. The highest BCUT2D eigenvalue weighted by molar-refractivity contribution is 7.88. The molecule has 236 valence electrons. The van der Waals surface area contributed by atoms with Gasteiger partial charge in [-0.05, 0) is 36.6 Å². The van der Waals surface area contributed by atoms with Crippen LogP contribution in [0.1, 0.15) is 27.4 Å². The number of benzene rings is 2. The van der Waals surface area contributed by atoms with Gasteiger partial charge in [-0.1, -0.05) is 48.5 Å². The Morgan fingerprint density at radius 1 is 0.909 bits per heavy atom. The van der Waals surface area contributed by atoms with E-state index in [0.29, 0.717) is 44.1 Å². The molecular formula is C32H41N5O5S2. The van der Waals surface area contributed by atoms with Crippen LogP contribution in [-0.4, -0.2) is 111 Å². The van der Waals surface area contributed by atoms with E-state index in [0.717, 1.165) is 54.2 Å². The van der Waals surface area contributed by atoms with Gasteiger partial charge in [0.05, 0.1) is 16.8 Å². The van der Waals surface area contributed by atoms with Crippen molar-refractivity contribution in [3.05, 3.63) is 76.5 Å². The molecule has 0 bridgehead atoms. The molecule has 2 saturated heterocycles. The molecule has 12 heteroatoms. The molecule has 0 saturated carbocycles. The first-order chi connectivity index (χ1) is 21.2. The van der Waals surface area contributed by atoms with Crippen molar-refractivity contribution >= 4 is 39.0 Å². The third-order valence-corrected chi connectivity index (χ3v) is 10.6. The zero-order valence-corrected chi connectivity index (χ0v) is 27.0. The SMILES string of the molecule is CN(CCN1CCC(OC(=O)Nc2ccccc2-c2ccccc2)CC1)C(=O)c1ccc(CN2CCN(S(C)(=O)=O)CC2)s1. The molecule has 1 aromatic heterocycles. The van der Waals surface area contributed by atoms with Crippen molar-refractivity contribution in [1.82, 2.24) is 19.0 Å². The van der Waals surface area contributed by atoms with E-state index in [1.54, 1.807) is 4.90 Å². The summed E-state index contributed by atoms with van der Waals surface area (Å²) in [5, 5.41) is 2.92. The van der Waals surface area contributed by atoms with E-state index in [2.05, 4.69) is 15.1 Å². The number of nitrogens with zero attached hydrogens (tertiary/aromatic N) is 4. The molecule has 0 radical (unpaired) electrons. The fourth-order valence-electron chi connectivity index (χ4n) is 5.60.